The van der Waals surface area contributed by atoms with Crippen LogP contribution < -0.4 is 4.74 Å². The Bertz CT molecular complexity index is 958. The number of hydrogen-bond donors (Lipinski definition) is 0. The zero-order valence-electron chi connectivity index (χ0n) is 14.7. The first-order chi connectivity index (χ1) is 11.3. The van der Waals surface area contributed by atoms with Crippen LogP contribution in [0, 0.1) is 18.4 Å². The topological polar surface area (TPSA) is 39.9 Å². The van der Waals surface area contributed by atoms with Gasteiger partial charge in [-0.25, -0.2) is 4.68 Å². The fourth-order valence-electron chi connectivity index (χ4n) is 2.30. The lowest BCUT2D eigenvalue weighted by Gasteiger charge is -2.09. The minimum absolute atomic E-state index is 0.775. The summed E-state index contributed by atoms with van der Waals surface area (Å²) in [5, 5.41) is 8.09. The van der Waals surface area contributed by atoms with Crippen molar-refractivity contribution < 1.29 is 4.74 Å². The van der Waals surface area contributed by atoms with E-state index in [9.17, 15) is 0 Å². The van der Waals surface area contributed by atoms with Gasteiger partial charge in [-0.1, -0.05) is 30.8 Å². The molecule has 0 spiro atoms. The summed E-state index contributed by atoms with van der Waals surface area (Å²) in [6, 6.07) is 11.9. The summed E-state index contributed by atoms with van der Waals surface area (Å²) >= 11 is 0. The minimum Gasteiger partial charge on any atom is -0.457 e. The van der Waals surface area contributed by atoms with Gasteiger partial charge in [0.1, 0.15) is 25.1 Å². The zero-order valence-corrected chi connectivity index (χ0v) is 15.7. The SMILES string of the molecule is Cc1cc(C#C[Si](C)(C)C)ccc1Oc1ccc2nnn(C)c2c1. The highest BCUT2D eigenvalue weighted by molar-refractivity contribution is 6.83. The highest BCUT2D eigenvalue weighted by atomic mass is 28.3. The second-order valence-electron chi connectivity index (χ2n) is 6.95. The summed E-state index contributed by atoms with van der Waals surface area (Å²) in [5.74, 6) is 4.89. The van der Waals surface area contributed by atoms with Gasteiger partial charge in [-0.2, -0.15) is 0 Å². The third-order valence-electron chi connectivity index (χ3n) is 3.57. The summed E-state index contributed by atoms with van der Waals surface area (Å²) in [5.41, 5.74) is 7.30. The first kappa shape index (κ1) is 16.3. The average molecular weight is 335 g/mol. The Morgan fingerprint density at radius 1 is 1.08 bits per heavy atom. The van der Waals surface area contributed by atoms with E-state index in [1.54, 1.807) is 4.68 Å². The highest BCUT2D eigenvalue weighted by Gasteiger charge is 2.09. The number of hydrogen-bond acceptors (Lipinski definition) is 3. The van der Waals surface area contributed by atoms with Crippen LogP contribution in [0.4, 0.5) is 0 Å². The van der Waals surface area contributed by atoms with Crippen molar-refractivity contribution in [2.45, 2.75) is 26.6 Å². The van der Waals surface area contributed by atoms with Gasteiger partial charge in [-0.3, -0.25) is 0 Å². The van der Waals surface area contributed by atoms with E-state index >= 15 is 0 Å². The zero-order chi connectivity index (χ0) is 17.3. The Morgan fingerprint density at radius 2 is 1.88 bits per heavy atom. The molecule has 122 valence electrons. The van der Waals surface area contributed by atoms with Crippen molar-refractivity contribution in [3.63, 3.8) is 0 Å². The molecule has 1 aromatic heterocycles. The van der Waals surface area contributed by atoms with Gasteiger partial charge < -0.3 is 4.74 Å². The predicted molar refractivity (Wildman–Crippen MR) is 100.0 cm³/mol. The van der Waals surface area contributed by atoms with Crippen LogP contribution in [0.15, 0.2) is 36.4 Å². The summed E-state index contributed by atoms with van der Waals surface area (Å²) in [7, 11) is 0.508. The molecule has 0 saturated heterocycles. The summed E-state index contributed by atoms with van der Waals surface area (Å²) < 4.78 is 7.77. The number of aryl methyl sites for hydroxylation is 2. The van der Waals surface area contributed by atoms with Crippen LogP contribution in [-0.4, -0.2) is 23.1 Å². The number of nitrogens with zero attached hydrogens (tertiary/aromatic N) is 3. The Morgan fingerprint density at radius 3 is 2.58 bits per heavy atom. The van der Waals surface area contributed by atoms with E-state index in [1.807, 2.05) is 44.3 Å². The maximum Gasteiger partial charge on any atom is 0.130 e. The Hall–Kier alpha value is -2.58. The molecule has 3 aromatic rings. The van der Waals surface area contributed by atoms with E-state index in [4.69, 9.17) is 4.74 Å². The molecule has 0 bridgehead atoms. The Balaban J connectivity index is 1.86. The van der Waals surface area contributed by atoms with E-state index in [1.165, 1.54) is 0 Å². The molecule has 0 atom stereocenters. The molecule has 4 nitrogen and oxygen atoms in total. The van der Waals surface area contributed by atoms with E-state index < -0.39 is 8.07 Å². The van der Waals surface area contributed by atoms with Crippen LogP contribution >= 0.6 is 0 Å². The van der Waals surface area contributed by atoms with Crippen LogP contribution in [-0.2, 0) is 7.05 Å². The number of rotatable bonds is 2. The van der Waals surface area contributed by atoms with Gasteiger partial charge in [0, 0.05) is 18.7 Å². The second-order valence-corrected chi connectivity index (χ2v) is 11.7. The fraction of sp³-hybridized carbons (Fsp3) is 0.263. The van der Waals surface area contributed by atoms with Crippen molar-refractivity contribution in [2.75, 3.05) is 0 Å². The quantitative estimate of drug-likeness (QED) is 0.518. The number of ether oxygens (including phenoxy) is 1. The van der Waals surface area contributed by atoms with Gasteiger partial charge in [-0.05, 0) is 42.8 Å². The van der Waals surface area contributed by atoms with Crippen molar-refractivity contribution >= 4 is 19.1 Å². The molecule has 0 N–H and O–H groups in total. The van der Waals surface area contributed by atoms with Gasteiger partial charge in [0.05, 0.1) is 5.52 Å². The van der Waals surface area contributed by atoms with E-state index in [2.05, 4.69) is 47.5 Å². The summed E-state index contributed by atoms with van der Waals surface area (Å²) in [6.45, 7) is 8.77. The molecule has 1 heterocycles. The molecular weight excluding hydrogens is 314 g/mol. The number of fused-ring (bicyclic) bond motifs is 1. The largest absolute Gasteiger partial charge is 0.457 e. The molecule has 24 heavy (non-hydrogen) atoms. The lowest BCUT2D eigenvalue weighted by atomic mass is 10.1. The van der Waals surface area contributed by atoms with Crippen molar-refractivity contribution in [1.82, 2.24) is 15.0 Å². The van der Waals surface area contributed by atoms with Crippen molar-refractivity contribution in [1.29, 1.82) is 0 Å². The van der Waals surface area contributed by atoms with Crippen molar-refractivity contribution in [2.24, 2.45) is 7.05 Å². The summed E-state index contributed by atoms with van der Waals surface area (Å²) in [6.07, 6.45) is 0. The molecule has 0 fully saturated rings. The number of aromatic nitrogens is 3. The Labute approximate surface area is 143 Å². The standard InChI is InChI=1S/C19H21N3OSi/c1-14-12-15(10-11-24(3,4)5)6-9-19(14)23-16-7-8-17-18(13-16)22(2)21-20-17/h6-9,12-13H,1-5H3. The lowest BCUT2D eigenvalue weighted by molar-refractivity contribution is 0.479. The van der Waals surface area contributed by atoms with Gasteiger partial charge in [0.2, 0.25) is 0 Å². The lowest BCUT2D eigenvalue weighted by Crippen LogP contribution is -2.16. The molecule has 0 radical (unpaired) electrons. The first-order valence-electron chi connectivity index (χ1n) is 7.93. The first-order valence-corrected chi connectivity index (χ1v) is 11.4. The van der Waals surface area contributed by atoms with Crippen LogP contribution in [0.5, 0.6) is 11.5 Å². The molecule has 0 aliphatic heterocycles. The molecule has 3 rings (SSSR count). The highest BCUT2D eigenvalue weighted by Crippen LogP contribution is 2.27. The smallest absolute Gasteiger partial charge is 0.130 e. The minimum atomic E-state index is -1.36. The molecule has 0 saturated carbocycles. The van der Waals surface area contributed by atoms with E-state index in [0.29, 0.717) is 0 Å². The monoisotopic (exact) mass is 335 g/mol. The van der Waals surface area contributed by atoms with Crippen LogP contribution in [0.1, 0.15) is 11.1 Å². The molecular formula is C19H21N3OSi. The second kappa shape index (κ2) is 6.14. The average Bonchev–Trinajstić information content (AvgIpc) is 2.88. The van der Waals surface area contributed by atoms with Crippen LogP contribution in [0.2, 0.25) is 19.6 Å². The van der Waals surface area contributed by atoms with E-state index in [-0.39, 0.29) is 0 Å². The Kier molecular flexibility index (Phi) is 4.16. The van der Waals surface area contributed by atoms with Gasteiger partial charge >= 0.3 is 0 Å². The van der Waals surface area contributed by atoms with Gasteiger partial charge in [-0.15, -0.1) is 10.6 Å². The van der Waals surface area contributed by atoms with Crippen molar-refractivity contribution in [3.8, 4) is 23.0 Å². The van der Waals surface area contributed by atoms with Crippen LogP contribution in [0.3, 0.4) is 0 Å². The fourth-order valence-corrected chi connectivity index (χ4v) is 2.82. The molecule has 0 amide bonds. The normalized spacial score (nSPS) is 11.2. The van der Waals surface area contributed by atoms with Crippen molar-refractivity contribution in [3.05, 3.63) is 47.5 Å². The summed E-state index contributed by atoms with van der Waals surface area (Å²) in [4.78, 5) is 0. The van der Waals surface area contributed by atoms with Gasteiger partial charge in [0.25, 0.3) is 0 Å². The van der Waals surface area contributed by atoms with E-state index in [0.717, 1.165) is 33.7 Å². The molecule has 2 aromatic carbocycles. The van der Waals surface area contributed by atoms with Gasteiger partial charge in [0.15, 0.2) is 0 Å². The molecule has 0 aliphatic rings. The predicted octanol–water partition coefficient (Wildman–Crippen LogP) is 4.30. The maximum atomic E-state index is 6.03. The molecule has 0 unspecified atom stereocenters. The number of benzene rings is 2. The van der Waals surface area contributed by atoms with Crippen LogP contribution in [0.25, 0.3) is 11.0 Å². The third kappa shape index (κ3) is 3.66. The molecule has 0 aliphatic carbocycles. The third-order valence-corrected chi connectivity index (χ3v) is 4.44. The maximum absolute atomic E-state index is 6.03. The molecule has 5 heteroatoms.